The van der Waals surface area contributed by atoms with Crippen LogP contribution < -0.4 is 11.0 Å². The number of nitrogens with zero attached hydrogens (tertiary/aromatic N) is 2. The molecule has 0 aliphatic carbocycles. The standard InChI is InChI=1S/C16H17FN3O9P/c17-9-4-2-1-3-8(9)14(23)18-11-5-6-20(16(24)19-11)15-13(22)12(21)10(29-15)7-28-30(25,26)27/h1-6,10,12-13,15,21-22H,7H2,(H2,25,26,27)(H,18,19,23,24)/t10-,12-,13-,15-/m1/s1. The quantitative estimate of drug-likeness (QED) is 0.359. The van der Waals surface area contributed by atoms with E-state index in [-0.39, 0.29) is 11.4 Å². The second kappa shape index (κ2) is 8.70. The summed E-state index contributed by atoms with van der Waals surface area (Å²) in [6, 6.07) is 6.39. The molecule has 0 unspecified atom stereocenters. The van der Waals surface area contributed by atoms with E-state index in [4.69, 9.17) is 14.5 Å². The third-order valence-electron chi connectivity index (χ3n) is 4.21. The van der Waals surface area contributed by atoms with E-state index in [2.05, 4.69) is 14.8 Å². The zero-order valence-corrected chi connectivity index (χ0v) is 15.9. The van der Waals surface area contributed by atoms with Gasteiger partial charge in [-0.05, 0) is 18.2 Å². The van der Waals surface area contributed by atoms with E-state index in [1.807, 2.05) is 0 Å². The number of phosphoric ester groups is 1. The molecule has 12 nitrogen and oxygen atoms in total. The molecule has 2 heterocycles. The maximum absolute atomic E-state index is 13.7. The Balaban J connectivity index is 1.74. The summed E-state index contributed by atoms with van der Waals surface area (Å²) in [5.41, 5.74) is -1.23. The zero-order valence-electron chi connectivity index (χ0n) is 15.0. The minimum atomic E-state index is -4.84. The fraction of sp³-hybridized carbons (Fsp3) is 0.312. The Hall–Kier alpha value is -2.51. The highest BCUT2D eigenvalue weighted by Gasteiger charge is 2.45. The van der Waals surface area contributed by atoms with Crippen LogP contribution in [0.1, 0.15) is 16.6 Å². The first kappa shape index (κ1) is 22.2. The van der Waals surface area contributed by atoms with Crippen molar-refractivity contribution >= 4 is 19.5 Å². The fourth-order valence-corrected chi connectivity index (χ4v) is 3.11. The van der Waals surface area contributed by atoms with E-state index in [9.17, 15) is 28.8 Å². The van der Waals surface area contributed by atoms with Gasteiger partial charge in [0.25, 0.3) is 5.91 Å². The fourth-order valence-electron chi connectivity index (χ4n) is 2.77. The molecule has 3 rings (SSSR count). The lowest BCUT2D eigenvalue weighted by Gasteiger charge is -2.17. The number of phosphoric acid groups is 1. The first-order chi connectivity index (χ1) is 14.1. The third kappa shape index (κ3) is 4.96. The molecule has 5 N–H and O–H groups in total. The van der Waals surface area contributed by atoms with Crippen molar-refractivity contribution in [2.24, 2.45) is 0 Å². The van der Waals surface area contributed by atoms with Crippen molar-refractivity contribution in [2.45, 2.75) is 24.5 Å². The molecule has 1 aliphatic heterocycles. The lowest BCUT2D eigenvalue weighted by Crippen LogP contribution is -2.36. The number of carbonyl (C=O) groups excluding carboxylic acids is 1. The molecule has 1 amide bonds. The number of carbonyl (C=O) groups is 1. The number of hydrogen-bond acceptors (Lipinski definition) is 8. The zero-order chi connectivity index (χ0) is 22.1. The van der Waals surface area contributed by atoms with Gasteiger partial charge in [-0.1, -0.05) is 12.1 Å². The Morgan fingerprint density at radius 3 is 2.60 bits per heavy atom. The molecule has 2 aromatic rings. The van der Waals surface area contributed by atoms with Crippen LogP contribution in [0, 0.1) is 5.82 Å². The maximum atomic E-state index is 13.7. The number of rotatable bonds is 6. The number of amides is 1. The average molecular weight is 445 g/mol. The highest BCUT2D eigenvalue weighted by molar-refractivity contribution is 7.46. The summed E-state index contributed by atoms with van der Waals surface area (Å²) in [5.74, 6) is -1.79. The molecule has 0 radical (unpaired) electrons. The number of anilines is 1. The van der Waals surface area contributed by atoms with Gasteiger partial charge in [0.15, 0.2) is 6.23 Å². The molecule has 1 fully saturated rings. The molecule has 1 aromatic heterocycles. The first-order valence-electron chi connectivity index (χ1n) is 8.43. The van der Waals surface area contributed by atoms with Crippen LogP contribution in [0.3, 0.4) is 0 Å². The Labute approximate surface area is 167 Å². The highest BCUT2D eigenvalue weighted by Crippen LogP contribution is 2.38. The molecule has 1 saturated heterocycles. The van der Waals surface area contributed by atoms with Crippen molar-refractivity contribution in [1.29, 1.82) is 0 Å². The molecule has 30 heavy (non-hydrogen) atoms. The van der Waals surface area contributed by atoms with Crippen molar-refractivity contribution in [3.63, 3.8) is 0 Å². The molecule has 1 aromatic carbocycles. The highest BCUT2D eigenvalue weighted by atomic mass is 31.2. The molecule has 14 heteroatoms. The largest absolute Gasteiger partial charge is 0.469 e. The van der Waals surface area contributed by atoms with Gasteiger partial charge in [-0.25, -0.2) is 13.8 Å². The Morgan fingerprint density at radius 2 is 1.97 bits per heavy atom. The number of aliphatic hydroxyl groups excluding tert-OH is 2. The van der Waals surface area contributed by atoms with E-state index in [1.54, 1.807) is 0 Å². The van der Waals surface area contributed by atoms with Gasteiger partial charge in [0, 0.05) is 6.20 Å². The van der Waals surface area contributed by atoms with Crippen molar-refractivity contribution < 1.29 is 43.0 Å². The molecule has 1 aliphatic rings. The molecule has 0 bridgehead atoms. The van der Waals surface area contributed by atoms with Crippen molar-refractivity contribution in [3.05, 3.63) is 58.4 Å². The summed E-state index contributed by atoms with van der Waals surface area (Å²) >= 11 is 0. The molecule has 0 spiro atoms. The molecular weight excluding hydrogens is 428 g/mol. The van der Waals surface area contributed by atoms with Crippen LogP contribution >= 0.6 is 7.82 Å². The van der Waals surface area contributed by atoms with Crippen molar-refractivity contribution in [1.82, 2.24) is 9.55 Å². The number of halogens is 1. The van der Waals surface area contributed by atoms with Gasteiger partial charge in [-0.3, -0.25) is 13.9 Å². The predicted molar refractivity (Wildman–Crippen MR) is 96.8 cm³/mol. The Morgan fingerprint density at radius 1 is 1.27 bits per heavy atom. The summed E-state index contributed by atoms with van der Waals surface area (Å²) in [6.45, 7) is -0.738. The monoisotopic (exact) mass is 445 g/mol. The van der Waals surface area contributed by atoms with Crippen LogP contribution in [-0.4, -0.2) is 60.4 Å². The van der Waals surface area contributed by atoms with Crippen LogP contribution in [-0.2, 0) is 13.8 Å². The molecular formula is C16H17FN3O9P. The molecule has 0 saturated carbocycles. The van der Waals surface area contributed by atoms with Crippen LogP contribution in [0.4, 0.5) is 10.2 Å². The van der Waals surface area contributed by atoms with Gasteiger partial charge in [0.1, 0.15) is 29.9 Å². The third-order valence-corrected chi connectivity index (χ3v) is 4.69. The van der Waals surface area contributed by atoms with Crippen molar-refractivity contribution in [3.8, 4) is 0 Å². The minimum Gasteiger partial charge on any atom is -0.387 e. The SMILES string of the molecule is O=C(Nc1ccn([C@@H]2O[C@H](COP(=O)(O)O)[C@@H](O)[C@H]2O)c(=O)n1)c1ccccc1F. The summed E-state index contributed by atoms with van der Waals surface area (Å²) < 4.78 is 34.8. The van der Waals surface area contributed by atoms with E-state index in [1.165, 1.54) is 24.3 Å². The topological polar surface area (TPSA) is 180 Å². The lowest BCUT2D eigenvalue weighted by molar-refractivity contribution is -0.0542. The average Bonchev–Trinajstić information content (AvgIpc) is 2.94. The normalized spacial score (nSPS) is 24.0. The first-order valence-corrected chi connectivity index (χ1v) is 9.96. The van der Waals surface area contributed by atoms with E-state index < -0.39 is 56.4 Å². The van der Waals surface area contributed by atoms with Gasteiger partial charge in [0.05, 0.1) is 12.2 Å². The minimum absolute atomic E-state index is 0.195. The van der Waals surface area contributed by atoms with E-state index in [0.29, 0.717) is 0 Å². The Bertz CT molecular complexity index is 1040. The van der Waals surface area contributed by atoms with Gasteiger partial charge in [0.2, 0.25) is 0 Å². The van der Waals surface area contributed by atoms with Gasteiger partial charge in [-0.2, -0.15) is 4.98 Å². The van der Waals surface area contributed by atoms with Gasteiger partial charge >= 0.3 is 13.5 Å². The maximum Gasteiger partial charge on any atom is 0.469 e. The van der Waals surface area contributed by atoms with Crippen LogP contribution in [0.15, 0.2) is 41.3 Å². The summed E-state index contributed by atoms with van der Waals surface area (Å²) in [6.07, 6.45) is -4.88. The van der Waals surface area contributed by atoms with E-state index in [0.717, 1.165) is 16.8 Å². The predicted octanol–water partition coefficient (Wildman–Crippen LogP) is -0.637. The Kier molecular flexibility index (Phi) is 6.43. The lowest BCUT2D eigenvalue weighted by atomic mass is 10.1. The molecule has 162 valence electrons. The van der Waals surface area contributed by atoms with Gasteiger partial charge < -0.3 is 30.1 Å². The van der Waals surface area contributed by atoms with Crippen LogP contribution in [0.5, 0.6) is 0 Å². The summed E-state index contributed by atoms with van der Waals surface area (Å²) in [4.78, 5) is 45.4. The number of aliphatic hydroxyl groups is 2. The number of hydrogen-bond donors (Lipinski definition) is 5. The number of aromatic nitrogens is 2. The second-order valence-electron chi connectivity index (χ2n) is 6.27. The van der Waals surface area contributed by atoms with Gasteiger partial charge in [-0.15, -0.1) is 0 Å². The number of benzene rings is 1. The van der Waals surface area contributed by atoms with Crippen LogP contribution in [0.25, 0.3) is 0 Å². The second-order valence-corrected chi connectivity index (χ2v) is 7.51. The number of ether oxygens (including phenoxy) is 1. The number of nitrogens with one attached hydrogen (secondary N) is 1. The molecule has 4 atom stereocenters. The van der Waals surface area contributed by atoms with Crippen LogP contribution in [0.2, 0.25) is 0 Å². The summed E-state index contributed by atoms with van der Waals surface area (Å²) in [7, 11) is -4.84. The summed E-state index contributed by atoms with van der Waals surface area (Å²) in [5, 5.41) is 22.3. The smallest absolute Gasteiger partial charge is 0.387 e. The van der Waals surface area contributed by atoms with E-state index >= 15 is 0 Å². The van der Waals surface area contributed by atoms with Crippen molar-refractivity contribution in [2.75, 3.05) is 11.9 Å².